The fourth-order valence-electron chi connectivity index (χ4n) is 2.79. The third kappa shape index (κ3) is 3.52. The molecule has 0 radical (unpaired) electrons. The van der Waals surface area contributed by atoms with Crippen LogP contribution < -0.4 is 15.4 Å². The van der Waals surface area contributed by atoms with Gasteiger partial charge in [0.15, 0.2) is 0 Å². The largest absolute Gasteiger partial charge is 0.496 e. The number of ether oxygens (including phenoxy) is 1. The molecular formula is C20H19N3O3. The van der Waals surface area contributed by atoms with Crippen LogP contribution in [-0.4, -0.2) is 18.9 Å². The lowest BCUT2D eigenvalue weighted by molar-refractivity contribution is -0.134. The number of nitrogens with one attached hydrogen (secondary N) is 2. The van der Waals surface area contributed by atoms with Gasteiger partial charge in [0.25, 0.3) is 0 Å². The second-order valence-electron chi connectivity index (χ2n) is 6.22. The molecule has 0 heterocycles. The van der Waals surface area contributed by atoms with Gasteiger partial charge in [0.1, 0.15) is 11.2 Å². The molecule has 0 atom stereocenters. The Balaban J connectivity index is 1.65. The SMILES string of the molecule is COc1ccccc1CNC(=O)C1(C(=O)Nc2cccc(C#N)c2)CC1. The lowest BCUT2D eigenvalue weighted by atomic mass is 10.0. The Morgan fingerprint density at radius 3 is 2.62 bits per heavy atom. The number of carbonyl (C=O) groups is 2. The van der Waals surface area contributed by atoms with Crippen molar-refractivity contribution in [1.82, 2.24) is 5.32 Å². The van der Waals surface area contributed by atoms with E-state index >= 15 is 0 Å². The zero-order valence-electron chi connectivity index (χ0n) is 14.4. The summed E-state index contributed by atoms with van der Waals surface area (Å²) >= 11 is 0. The minimum absolute atomic E-state index is 0.293. The second-order valence-corrected chi connectivity index (χ2v) is 6.22. The summed E-state index contributed by atoms with van der Waals surface area (Å²) in [5, 5.41) is 14.5. The normalized spacial score (nSPS) is 14.0. The Morgan fingerprint density at radius 1 is 1.15 bits per heavy atom. The minimum atomic E-state index is -1.04. The zero-order chi connectivity index (χ0) is 18.6. The van der Waals surface area contributed by atoms with Gasteiger partial charge in [-0.15, -0.1) is 0 Å². The van der Waals surface area contributed by atoms with E-state index in [-0.39, 0.29) is 11.8 Å². The smallest absolute Gasteiger partial charge is 0.240 e. The molecule has 0 bridgehead atoms. The number of carbonyl (C=O) groups excluding carboxylic acids is 2. The summed E-state index contributed by atoms with van der Waals surface area (Å²) in [6, 6.07) is 16.1. The minimum Gasteiger partial charge on any atom is -0.496 e. The maximum Gasteiger partial charge on any atom is 0.240 e. The average Bonchev–Trinajstić information content (AvgIpc) is 3.48. The first-order valence-corrected chi connectivity index (χ1v) is 8.31. The summed E-state index contributed by atoms with van der Waals surface area (Å²) in [7, 11) is 1.58. The molecule has 1 aliphatic carbocycles. The maximum atomic E-state index is 12.6. The molecule has 1 saturated carbocycles. The highest BCUT2D eigenvalue weighted by Gasteiger charge is 2.56. The highest BCUT2D eigenvalue weighted by Crippen LogP contribution is 2.47. The van der Waals surface area contributed by atoms with Gasteiger partial charge >= 0.3 is 0 Å². The van der Waals surface area contributed by atoms with Crippen LogP contribution >= 0.6 is 0 Å². The van der Waals surface area contributed by atoms with Crippen LogP contribution in [0.5, 0.6) is 5.75 Å². The lowest BCUT2D eigenvalue weighted by Gasteiger charge is -2.16. The Kier molecular flexibility index (Phi) is 4.90. The number of nitrogens with zero attached hydrogens (tertiary/aromatic N) is 1. The van der Waals surface area contributed by atoms with E-state index in [2.05, 4.69) is 10.6 Å². The molecule has 1 fully saturated rings. The number of anilines is 1. The highest BCUT2D eigenvalue weighted by atomic mass is 16.5. The number of hydrogen-bond donors (Lipinski definition) is 2. The second kappa shape index (κ2) is 7.28. The molecule has 0 spiro atoms. The van der Waals surface area contributed by atoms with Gasteiger partial charge in [-0.05, 0) is 37.1 Å². The van der Waals surface area contributed by atoms with E-state index in [0.717, 1.165) is 5.56 Å². The fourth-order valence-corrected chi connectivity index (χ4v) is 2.79. The Hall–Kier alpha value is -3.33. The van der Waals surface area contributed by atoms with Crippen LogP contribution in [0.1, 0.15) is 24.0 Å². The molecular weight excluding hydrogens is 330 g/mol. The first-order chi connectivity index (χ1) is 12.6. The molecule has 0 aliphatic heterocycles. The van der Waals surface area contributed by atoms with Gasteiger partial charge in [-0.3, -0.25) is 9.59 Å². The lowest BCUT2D eigenvalue weighted by Crippen LogP contribution is -2.39. The number of nitriles is 1. The van der Waals surface area contributed by atoms with Gasteiger partial charge in [-0.25, -0.2) is 0 Å². The van der Waals surface area contributed by atoms with E-state index in [1.807, 2.05) is 30.3 Å². The predicted octanol–water partition coefficient (Wildman–Crippen LogP) is 2.60. The van der Waals surface area contributed by atoms with Crippen LogP contribution in [0.25, 0.3) is 0 Å². The van der Waals surface area contributed by atoms with Crippen molar-refractivity contribution in [2.24, 2.45) is 5.41 Å². The van der Waals surface area contributed by atoms with Crippen LogP contribution in [0.4, 0.5) is 5.69 Å². The van der Waals surface area contributed by atoms with E-state index in [1.54, 1.807) is 31.4 Å². The molecule has 2 aromatic carbocycles. The van der Waals surface area contributed by atoms with Crippen LogP contribution in [0, 0.1) is 16.7 Å². The number of rotatable bonds is 6. The molecule has 132 valence electrons. The van der Waals surface area contributed by atoms with Gasteiger partial charge in [0.2, 0.25) is 11.8 Å². The van der Waals surface area contributed by atoms with Crippen molar-refractivity contribution < 1.29 is 14.3 Å². The molecule has 2 amide bonds. The average molecular weight is 349 g/mol. The Morgan fingerprint density at radius 2 is 1.92 bits per heavy atom. The topological polar surface area (TPSA) is 91.2 Å². The Labute approximate surface area is 151 Å². The molecule has 2 aromatic rings. The summed E-state index contributed by atoms with van der Waals surface area (Å²) in [5.74, 6) is 0.0536. The quantitative estimate of drug-likeness (QED) is 0.784. The number of para-hydroxylation sites is 1. The third-order valence-electron chi connectivity index (χ3n) is 4.50. The molecule has 3 rings (SSSR count). The summed E-state index contributed by atoms with van der Waals surface area (Å²) in [4.78, 5) is 25.2. The van der Waals surface area contributed by atoms with Gasteiger partial charge in [0, 0.05) is 17.8 Å². The van der Waals surface area contributed by atoms with Crippen molar-refractivity contribution in [3.8, 4) is 11.8 Å². The van der Waals surface area contributed by atoms with Gasteiger partial charge in [0.05, 0.1) is 18.7 Å². The van der Waals surface area contributed by atoms with Gasteiger partial charge in [-0.2, -0.15) is 5.26 Å². The summed E-state index contributed by atoms with van der Waals surface area (Å²) < 4.78 is 5.27. The molecule has 6 heteroatoms. The standard InChI is InChI=1S/C20H19N3O3/c1-26-17-8-3-2-6-15(17)13-22-18(24)20(9-10-20)19(25)23-16-7-4-5-14(11-16)12-21/h2-8,11H,9-10,13H2,1H3,(H,22,24)(H,23,25). The van der Waals surface area contributed by atoms with E-state index in [0.29, 0.717) is 36.4 Å². The monoisotopic (exact) mass is 349 g/mol. The predicted molar refractivity (Wildman–Crippen MR) is 96.3 cm³/mol. The molecule has 1 aliphatic rings. The molecule has 0 aromatic heterocycles. The maximum absolute atomic E-state index is 12.6. The number of methoxy groups -OCH3 is 1. The van der Waals surface area contributed by atoms with Gasteiger partial charge < -0.3 is 15.4 Å². The van der Waals surface area contributed by atoms with Crippen molar-refractivity contribution >= 4 is 17.5 Å². The van der Waals surface area contributed by atoms with Crippen molar-refractivity contribution in [1.29, 1.82) is 5.26 Å². The first kappa shape index (κ1) is 17.5. The zero-order valence-corrected chi connectivity index (χ0v) is 14.4. The van der Waals surface area contributed by atoms with E-state index in [9.17, 15) is 9.59 Å². The van der Waals surface area contributed by atoms with Crippen LogP contribution in [-0.2, 0) is 16.1 Å². The summed E-state index contributed by atoms with van der Waals surface area (Å²) in [5.41, 5.74) is 0.775. The molecule has 0 unspecified atom stereocenters. The number of amides is 2. The molecule has 6 nitrogen and oxygen atoms in total. The fraction of sp³-hybridized carbons (Fsp3) is 0.250. The molecule has 26 heavy (non-hydrogen) atoms. The summed E-state index contributed by atoms with van der Waals surface area (Å²) in [6.45, 7) is 0.293. The van der Waals surface area contributed by atoms with Crippen molar-refractivity contribution in [2.75, 3.05) is 12.4 Å². The number of benzene rings is 2. The van der Waals surface area contributed by atoms with Crippen LogP contribution in [0.3, 0.4) is 0 Å². The van der Waals surface area contributed by atoms with E-state index < -0.39 is 5.41 Å². The highest BCUT2D eigenvalue weighted by molar-refractivity contribution is 6.13. The third-order valence-corrected chi connectivity index (χ3v) is 4.50. The summed E-state index contributed by atoms with van der Waals surface area (Å²) in [6.07, 6.45) is 1.02. The van der Waals surface area contributed by atoms with Crippen molar-refractivity contribution in [2.45, 2.75) is 19.4 Å². The van der Waals surface area contributed by atoms with Crippen molar-refractivity contribution in [3.63, 3.8) is 0 Å². The Bertz CT molecular complexity index is 882. The van der Waals surface area contributed by atoms with Gasteiger partial charge in [-0.1, -0.05) is 24.3 Å². The van der Waals surface area contributed by atoms with Crippen LogP contribution in [0.15, 0.2) is 48.5 Å². The molecule has 0 saturated heterocycles. The van der Waals surface area contributed by atoms with E-state index in [4.69, 9.17) is 10.00 Å². The first-order valence-electron chi connectivity index (χ1n) is 8.31. The van der Waals surface area contributed by atoms with Crippen LogP contribution in [0.2, 0.25) is 0 Å². The van der Waals surface area contributed by atoms with Crippen molar-refractivity contribution in [3.05, 3.63) is 59.7 Å². The van der Waals surface area contributed by atoms with E-state index in [1.165, 1.54) is 0 Å². The molecule has 2 N–H and O–H groups in total. The number of hydrogen-bond acceptors (Lipinski definition) is 4.